The molecule has 0 saturated carbocycles. The van der Waals surface area contributed by atoms with Gasteiger partial charge >= 0.3 is 0 Å². The standard InChI is InChI=1S/C16H25FN2O4S/c1-19(2)8-10-23-16-11-22-9-7-15(16)18-24(20,21)12-13-3-5-14(17)6-4-13/h3-6,15-16,18H,7-12H2,1-2H3/t15-,16-/m1/s1. The van der Waals surface area contributed by atoms with E-state index >= 15 is 0 Å². The van der Waals surface area contributed by atoms with Crippen LogP contribution in [0.2, 0.25) is 0 Å². The van der Waals surface area contributed by atoms with Crippen LogP contribution < -0.4 is 4.72 Å². The predicted molar refractivity (Wildman–Crippen MR) is 89.7 cm³/mol. The van der Waals surface area contributed by atoms with E-state index < -0.39 is 10.0 Å². The van der Waals surface area contributed by atoms with Crippen LogP contribution in [0.1, 0.15) is 12.0 Å². The summed E-state index contributed by atoms with van der Waals surface area (Å²) in [5, 5.41) is 0. The van der Waals surface area contributed by atoms with Crippen molar-refractivity contribution in [3.8, 4) is 0 Å². The van der Waals surface area contributed by atoms with Crippen molar-refractivity contribution in [3.63, 3.8) is 0 Å². The molecule has 0 spiro atoms. The lowest BCUT2D eigenvalue weighted by Gasteiger charge is -2.32. The molecular formula is C16H25FN2O4S. The lowest BCUT2D eigenvalue weighted by Crippen LogP contribution is -2.50. The van der Waals surface area contributed by atoms with E-state index in [1.807, 2.05) is 19.0 Å². The summed E-state index contributed by atoms with van der Waals surface area (Å²) in [6.45, 7) is 2.14. The lowest BCUT2D eigenvalue weighted by atomic mass is 10.1. The highest BCUT2D eigenvalue weighted by atomic mass is 32.2. The third-order valence-corrected chi connectivity index (χ3v) is 5.15. The molecule has 0 amide bonds. The summed E-state index contributed by atoms with van der Waals surface area (Å²) < 4.78 is 51.5. The summed E-state index contributed by atoms with van der Waals surface area (Å²) in [5.74, 6) is -0.572. The quantitative estimate of drug-likeness (QED) is 0.749. The molecule has 6 nitrogen and oxygen atoms in total. The number of nitrogens with one attached hydrogen (secondary N) is 1. The van der Waals surface area contributed by atoms with Gasteiger partial charge in [-0.15, -0.1) is 0 Å². The molecule has 0 aromatic heterocycles. The molecule has 136 valence electrons. The SMILES string of the molecule is CN(C)CCO[C@@H]1COCC[C@H]1NS(=O)(=O)Cc1ccc(F)cc1. The summed E-state index contributed by atoms with van der Waals surface area (Å²) in [5.41, 5.74) is 0.543. The number of rotatable bonds is 8. The fourth-order valence-electron chi connectivity index (χ4n) is 2.47. The molecule has 1 aliphatic rings. The molecule has 1 aromatic carbocycles. The smallest absolute Gasteiger partial charge is 0.216 e. The highest BCUT2D eigenvalue weighted by Gasteiger charge is 2.30. The Morgan fingerprint density at radius 1 is 1.33 bits per heavy atom. The van der Waals surface area contributed by atoms with E-state index in [2.05, 4.69) is 4.72 Å². The van der Waals surface area contributed by atoms with Crippen LogP contribution in [0.5, 0.6) is 0 Å². The molecule has 0 unspecified atom stereocenters. The van der Waals surface area contributed by atoms with E-state index in [1.165, 1.54) is 24.3 Å². The van der Waals surface area contributed by atoms with Crippen molar-refractivity contribution in [3.05, 3.63) is 35.6 Å². The van der Waals surface area contributed by atoms with E-state index in [0.29, 0.717) is 31.8 Å². The molecule has 0 bridgehead atoms. The number of benzene rings is 1. The molecule has 24 heavy (non-hydrogen) atoms. The van der Waals surface area contributed by atoms with Crippen LogP contribution in [0.15, 0.2) is 24.3 Å². The van der Waals surface area contributed by atoms with Crippen LogP contribution >= 0.6 is 0 Å². The lowest BCUT2D eigenvalue weighted by molar-refractivity contribution is -0.0665. The van der Waals surface area contributed by atoms with E-state index in [0.717, 1.165) is 6.54 Å². The van der Waals surface area contributed by atoms with Crippen molar-refractivity contribution < 1.29 is 22.3 Å². The Morgan fingerprint density at radius 2 is 2.04 bits per heavy atom. The number of nitrogens with zero attached hydrogens (tertiary/aromatic N) is 1. The molecule has 1 aromatic rings. The highest BCUT2D eigenvalue weighted by molar-refractivity contribution is 7.88. The van der Waals surface area contributed by atoms with Gasteiger partial charge in [-0.1, -0.05) is 12.1 Å². The summed E-state index contributed by atoms with van der Waals surface area (Å²) in [7, 11) is 0.356. The van der Waals surface area contributed by atoms with Crippen molar-refractivity contribution in [2.75, 3.05) is 40.5 Å². The van der Waals surface area contributed by atoms with Gasteiger partial charge in [0.2, 0.25) is 10.0 Å². The first-order chi connectivity index (χ1) is 11.4. The van der Waals surface area contributed by atoms with Crippen LogP contribution in [-0.2, 0) is 25.2 Å². The van der Waals surface area contributed by atoms with Gasteiger partial charge in [-0.05, 0) is 38.2 Å². The zero-order chi connectivity index (χ0) is 17.6. The average Bonchev–Trinajstić information content (AvgIpc) is 2.50. The third kappa shape index (κ3) is 6.45. The maximum Gasteiger partial charge on any atom is 0.216 e. The molecule has 1 N–H and O–H groups in total. The zero-order valence-corrected chi connectivity index (χ0v) is 14.9. The fraction of sp³-hybridized carbons (Fsp3) is 0.625. The van der Waals surface area contributed by atoms with E-state index in [4.69, 9.17) is 9.47 Å². The van der Waals surface area contributed by atoms with Crippen molar-refractivity contribution in [1.82, 2.24) is 9.62 Å². The minimum atomic E-state index is -3.54. The van der Waals surface area contributed by atoms with Gasteiger partial charge in [0.15, 0.2) is 0 Å². The molecule has 0 aliphatic carbocycles. The molecule has 0 radical (unpaired) electrons. The van der Waals surface area contributed by atoms with Crippen LogP contribution in [0.25, 0.3) is 0 Å². The molecule has 1 fully saturated rings. The Hall–Kier alpha value is -1.06. The number of hydrogen-bond acceptors (Lipinski definition) is 5. The fourth-order valence-corrected chi connectivity index (χ4v) is 3.92. The topological polar surface area (TPSA) is 67.9 Å². The van der Waals surface area contributed by atoms with Crippen molar-refractivity contribution in [1.29, 1.82) is 0 Å². The molecule has 8 heteroatoms. The first-order valence-corrected chi connectivity index (χ1v) is 9.59. The van der Waals surface area contributed by atoms with Crippen LogP contribution in [0, 0.1) is 5.82 Å². The minimum Gasteiger partial charge on any atom is -0.379 e. The van der Waals surface area contributed by atoms with Gasteiger partial charge in [0.25, 0.3) is 0 Å². The first kappa shape index (κ1) is 19.3. The largest absolute Gasteiger partial charge is 0.379 e. The van der Waals surface area contributed by atoms with Gasteiger partial charge < -0.3 is 14.4 Å². The van der Waals surface area contributed by atoms with Gasteiger partial charge in [0.05, 0.1) is 31.1 Å². The van der Waals surface area contributed by atoms with Gasteiger partial charge in [0, 0.05) is 13.2 Å². The number of halogens is 1. The Morgan fingerprint density at radius 3 is 2.71 bits per heavy atom. The maximum absolute atomic E-state index is 12.9. The van der Waals surface area contributed by atoms with Crippen molar-refractivity contribution in [2.45, 2.75) is 24.3 Å². The Kier molecular flexibility index (Phi) is 7.12. The van der Waals surface area contributed by atoms with Gasteiger partial charge in [-0.25, -0.2) is 17.5 Å². The Bertz CT molecular complexity index is 607. The Labute approximate surface area is 143 Å². The molecule has 1 aliphatic heterocycles. The predicted octanol–water partition coefficient (Wildman–Crippen LogP) is 0.981. The van der Waals surface area contributed by atoms with Crippen molar-refractivity contribution in [2.24, 2.45) is 0 Å². The molecule has 2 rings (SSSR count). The monoisotopic (exact) mass is 360 g/mol. The van der Waals surface area contributed by atoms with Crippen LogP contribution in [-0.4, -0.2) is 65.9 Å². The van der Waals surface area contributed by atoms with E-state index in [1.54, 1.807) is 0 Å². The van der Waals surface area contributed by atoms with Crippen LogP contribution in [0.4, 0.5) is 4.39 Å². The molecule has 1 saturated heterocycles. The zero-order valence-electron chi connectivity index (χ0n) is 14.1. The van der Waals surface area contributed by atoms with Gasteiger partial charge in [-0.2, -0.15) is 0 Å². The Balaban J connectivity index is 1.93. The highest BCUT2D eigenvalue weighted by Crippen LogP contribution is 2.14. The summed E-state index contributed by atoms with van der Waals surface area (Å²) >= 11 is 0. The summed E-state index contributed by atoms with van der Waals surface area (Å²) in [4.78, 5) is 2.00. The number of hydrogen-bond donors (Lipinski definition) is 1. The van der Waals surface area contributed by atoms with E-state index in [-0.39, 0.29) is 23.7 Å². The van der Waals surface area contributed by atoms with Gasteiger partial charge in [-0.3, -0.25) is 0 Å². The van der Waals surface area contributed by atoms with E-state index in [9.17, 15) is 12.8 Å². The third-order valence-electron chi connectivity index (χ3n) is 3.78. The number of ether oxygens (including phenoxy) is 2. The summed E-state index contributed by atoms with van der Waals surface area (Å²) in [6, 6.07) is 5.15. The normalized spacial score (nSPS) is 22.0. The van der Waals surface area contributed by atoms with Gasteiger partial charge in [0.1, 0.15) is 5.82 Å². The van der Waals surface area contributed by atoms with Crippen LogP contribution in [0.3, 0.4) is 0 Å². The second-order valence-corrected chi connectivity index (χ2v) is 7.94. The number of sulfonamides is 1. The molecular weight excluding hydrogens is 335 g/mol. The summed E-state index contributed by atoms with van der Waals surface area (Å²) in [6.07, 6.45) is 0.261. The number of likely N-dealkylation sites (N-methyl/N-ethyl adjacent to an activating group) is 1. The van der Waals surface area contributed by atoms with Crippen molar-refractivity contribution >= 4 is 10.0 Å². The average molecular weight is 360 g/mol. The first-order valence-electron chi connectivity index (χ1n) is 7.94. The maximum atomic E-state index is 12.9. The molecule has 1 heterocycles. The second-order valence-electron chi connectivity index (χ2n) is 6.19. The molecule has 2 atom stereocenters. The second kappa shape index (κ2) is 8.87. The minimum absolute atomic E-state index is 0.185.